The second kappa shape index (κ2) is 3.94. The van der Waals surface area contributed by atoms with Gasteiger partial charge in [-0.15, -0.1) is 0 Å². The number of rotatable bonds is 2. The normalized spacial score (nSPS) is 25.8. The minimum absolute atomic E-state index is 0.102. The number of nitrogens with two attached hydrogens (primary N) is 1. The van der Waals surface area contributed by atoms with Crippen molar-refractivity contribution in [2.45, 2.75) is 31.4 Å². The van der Waals surface area contributed by atoms with Gasteiger partial charge in [-0.1, -0.05) is 0 Å². The summed E-state index contributed by atoms with van der Waals surface area (Å²) < 4.78 is 10.8. The molecule has 1 fully saturated rings. The lowest BCUT2D eigenvalue weighted by molar-refractivity contribution is -0.00389. The van der Waals surface area contributed by atoms with Crippen LogP contribution in [-0.2, 0) is 4.74 Å². The van der Waals surface area contributed by atoms with E-state index in [1.54, 1.807) is 6.26 Å². The zero-order valence-electron chi connectivity index (χ0n) is 7.61. The molecule has 2 rings (SSSR count). The van der Waals surface area contributed by atoms with Crippen molar-refractivity contribution >= 4 is 0 Å². The van der Waals surface area contributed by atoms with Crippen molar-refractivity contribution in [3.05, 3.63) is 24.2 Å². The van der Waals surface area contributed by atoms with Gasteiger partial charge in [0.15, 0.2) is 0 Å². The first-order valence-electron chi connectivity index (χ1n) is 4.78. The first-order valence-corrected chi connectivity index (χ1v) is 4.78. The Hall–Kier alpha value is -0.800. The molecule has 2 heterocycles. The third-order valence-electron chi connectivity index (χ3n) is 2.49. The van der Waals surface area contributed by atoms with Crippen molar-refractivity contribution in [1.29, 1.82) is 0 Å². The molecule has 0 spiro atoms. The van der Waals surface area contributed by atoms with Gasteiger partial charge in [-0.3, -0.25) is 0 Å². The van der Waals surface area contributed by atoms with E-state index < -0.39 is 0 Å². The average molecular weight is 181 g/mol. The Morgan fingerprint density at radius 2 is 2.38 bits per heavy atom. The van der Waals surface area contributed by atoms with Crippen LogP contribution in [-0.4, -0.2) is 12.7 Å². The predicted molar refractivity (Wildman–Crippen MR) is 49.2 cm³/mol. The fourth-order valence-corrected chi connectivity index (χ4v) is 1.71. The monoisotopic (exact) mass is 181 g/mol. The van der Waals surface area contributed by atoms with E-state index in [1.807, 2.05) is 12.1 Å². The highest BCUT2D eigenvalue weighted by Crippen LogP contribution is 2.24. The number of furan rings is 1. The minimum atomic E-state index is -0.102. The maximum atomic E-state index is 6.00. The van der Waals surface area contributed by atoms with Crippen molar-refractivity contribution in [2.75, 3.05) is 6.61 Å². The molecule has 13 heavy (non-hydrogen) atoms. The van der Waals surface area contributed by atoms with E-state index in [4.69, 9.17) is 14.9 Å². The van der Waals surface area contributed by atoms with Crippen LogP contribution >= 0.6 is 0 Å². The number of hydrogen-bond donors (Lipinski definition) is 1. The van der Waals surface area contributed by atoms with E-state index in [2.05, 4.69) is 0 Å². The van der Waals surface area contributed by atoms with Crippen LogP contribution in [0.5, 0.6) is 0 Å². The second-order valence-corrected chi connectivity index (χ2v) is 3.45. The Kier molecular flexibility index (Phi) is 2.66. The van der Waals surface area contributed by atoms with Crippen LogP contribution in [0.2, 0.25) is 0 Å². The quantitative estimate of drug-likeness (QED) is 0.757. The molecular weight excluding hydrogens is 166 g/mol. The Bertz CT molecular complexity index is 239. The van der Waals surface area contributed by atoms with E-state index in [1.165, 1.54) is 6.42 Å². The average Bonchev–Trinajstić information content (AvgIpc) is 2.71. The molecule has 2 unspecified atom stereocenters. The van der Waals surface area contributed by atoms with Crippen molar-refractivity contribution in [3.63, 3.8) is 0 Å². The molecule has 0 radical (unpaired) electrons. The molecule has 0 bridgehead atoms. The minimum Gasteiger partial charge on any atom is -0.468 e. The zero-order chi connectivity index (χ0) is 9.10. The molecule has 1 saturated heterocycles. The molecule has 1 aromatic rings. The van der Waals surface area contributed by atoms with Crippen molar-refractivity contribution < 1.29 is 9.15 Å². The van der Waals surface area contributed by atoms with Gasteiger partial charge >= 0.3 is 0 Å². The maximum absolute atomic E-state index is 6.00. The van der Waals surface area contributed by atoms with Crippen LogP contribution in [0.1, 0.15) is 31.1 Å². The highest BCUT2D eigenvalue weighted by Gasteiger charge is 2.24. The second-order valence-electron chi connectivity index (χ2n) is 3.45. The molecule has 1 aromatic heterocycles. The molecule has 0 aliphatic carbocycles. The summed E-state index contributed by atoms with van der Waals surface area (Å²) in [5.74, 6) is 0.826. The number of hydrogen-bond acceptors (Lipinski definition) is 3. The highest BCUT2D eigenvalue weighted by atomic mass is 16.5. The number of ether oxygens (including phenoxy) is 1. The van der Waals surface area contributed by atoms with Crippen LogP contribution in [0.25, 0.3) is 0 Å². The molecule has 3 nitrogen and oxygen atoms in total. The molecule has 0 saturated carbocycles. The standard InChI is InChI=1S/C10H15NO2/c11-10(9-5-3-7-13-9)8-4-1-2-6-12-8/h3,5,7-8,10H,1-2,4,6,11H2. The Balaban J connectivity index is 1.99. The fourth-order valence-electron chi connectivity index (χ4n) is 1.71. The summed E-state index contributed by atoms with van der Waals surface area (Å²) in [5, 5.41) is 0. The summed E-state index contributed by atoms with van der Waals surface area (Å²) in [6.07, 6.45) is 5.19. The van der Waals surface area contributed by atoms with Crippen LogP contribution in [0.3, 0.4) is 0 Å². The first kappa shape index (κ1) is 8.78. The van der Waals surface area contributed by atoms with E-state index >= 15 is 0 Å². The van der Waals surface area contributed by atoms with Crippen molar-refractivity contribution in [3.8, 4) is 0 Å². The van der Waals surface area contributed by atoms with Crippen molar-refractivity contribution in [1.82, 2.24) is 0 Å². The lowest BCUT2D eigenvalue weighted by atomic mass is 10.0. The van der Waals surface area contributed by atoms with Crippen LogP contribution in [0.4, 0.5) is 0 Å². The molecule has 0 aromatic carbocycles. The van der Waals surface area contributed by atoms with Gasteiger partial charge in [0.25, 0.3) is 0 Å². The van der Waals surface area contributed by atoms with Gasteiger partial charge in [-0.25, -0.2) is 0 Å². The van der Waals surface area contributed by atoms with Gasteiger partial charge in [0, 0.05) is 6.61 Å². The lowest BCUT2D eigenvalue weighted by Crippen LogP contribution is -2.31. The summed E-state index contributed by atoms with van der Waals surface area (Å²) in [6.45, 7) is 0.832. The molecule has 1 aliphatic heterocycles. The topological polar surface area (TPSA) is 48.4 Å². The lowest BCUT2D eigenvalue weighted by Gasteiger charge is -2.26. The Labute approximate surface area is 77.9 Å². The Morgan fingerprint density at radius 1 is 1.46 bits per heavy atom. The van der Waals surface area contributed by atoms with Crippen LogP contribution in [0.15, 0.2) is 22.8 Å². The molecule has 3 heteroatoms. The van der Waals surface area contributed by atoms with Gasteiger partial charge < -0.3 is 14.9 Å². The summed E-state index contributed by atoms with van der Waals surface area (Å²) in [7, 11) is 0. The predicted octanol–water partition coefficient (Wildman–Crippen LogP) is 1.85. The maximum Gasteiger partial charge on any atom is 0.123 e. The Morgan fingerprint density at radius 3 is 3.00 bits per heavy atom. The van der Waals surface area contributed by atoms with Gasteiger partial charge in [-0.05, 0) is 31.4 Å². The van der Waals surface area contributed by atoms with Gasteiger partial charge in [0.1, 0.15) is 5.76 Å². The van der Waals surface area contributed by atoms with Crippen molar-refractivity contribution in [2.24, 2.45) is 5.73 Å². The van der Waals surface area contributed by atoms with E-state index in [0.717, 1.165) is 25.2 Å². The summed E-state index contributed by atoms with van der Waals surface area (Å²) >= 11 is 0. The van der Waals surface area contributed by atoms with E-state index in [0.29, 0.717) is 0 Å². The fraction of sp³-hybridized carbons (Fsp3) is 0.600. The molecule has 72 valence electrons. The third kappa shape index (κ3) is 1.92. The van der Waals surface area contributed by atoms with Gasteiger partial charge in [0.05, 0.1) is 18.4 Å². The van der Waals surface area contributed by atoms with Crippen LogP contribution < -0.4 is 5.73 Å². The van der Waals surface area contributed by atoms with E-state index in [9.17, 15) is 0 Å². The summed E-state index contributed by atoms with van der Waals surface area (Å²) in [6, 6.07) is 3.66. The van der Waals surface area contributed by atoms with Gasteiger partial charge in [-0.2, -0.15) is 0 Å². The van der Waals surface area contributed by atoms with Gasteiger partial charge in [0.2, 0.25) is 0 Å². The first-order chi connectivity index (χ1) is 6.38. The third-order valence-corrected chi connectivity index (χ3v) is 2.49. The molecule has 0 amide bonds. The summed E-state index contributed by atoms with van der Waals surface area (Å²) in [5.41, 5.74) is 6.00. The van der Waals surface area contributed by atoms with Crippen LogP contribution in [0, 0.1) is 0 Å². The molecule has 2 atom stereocenters. The summed E-state index contributed by atoms with van der Waals surface area (Å²) in [4.78, 5) is 0. The largest absolute Gasteiger partial charge is 0.468 e. The molecule has 1 aliphatic rings. The zero-order valence-corrected chi connectivity index (χ0v) is 7.61. The SMILES string of the molecule is NC(c1ccco1)C1CCCCO1. The molecular formula is C10H15NO2. The highest BCUT2D eigenvalue weighted by molar-refractivity contribution is 5.05. The molecule has 2 N–H and O–H groups in total. The smallest absolute Gasteiger partial charge is 0.123 e. The van der Waals surface area contributed by atoms with E-state index in [-0.39, 0.29) is 12.1 Å².